The number of carbonyl (C=O) groups excluding carboxylic acids is 2. The van der Waals surface area contributed by atoms with Crippen molar-refractivity contribution in [3.05, 3.63) is 105 Å². The Morgan fingerprint density at radius 1 is 1.02 bits per heavy atom. The number of fused-ring (bicyclic) bond motifs is 9. The van der Waals surface area contributed by atoms with Gasteiger partial charge < -0.3 is 44.0 Å². The van der Waals surface area contributed by atoms with Crippen molar-refractivity contribution in [2.45, 2.75) is 67.7 Å². The molecule has 0 unspecified atom stereocenters. The number of hydrogen-bond donors (Lipinski definition) is 4. The number of benzene rings is 4. The molecule has 0 saturated carbocycles. The SMILES string of the molecule is COc1cc2c(cc1O)CCN[C@]21CS[C@@H]2c3c(OC(=O)/C=C/c4ccccc4)c(C)c4c(c3[C@H](COC1=O)N1[C@@H]2[C@@H]2N[C@H](Cc3cc(C)c(OC)c(O)c32)[C@@H]1C#N)OCO4. The van der Waals surface area contributed by atoms with Crippen LogP contribution in [0.15, 0.2) is 54.6 Å². The van der Waals surface area contributed by atoms with Crippen LogP contribution >= 0.6 is 11.8 Å². The van der Waals surface area contributed by atoms with E-state index in [0.717, 1.165) is 22.3 Å². The maximum atomic E-state index is 14.9. The summed E-state index contributed by atoms with van der Waals surface area (Å²) in [6.45, 7) is 3.84. The van der Waals surface area contributed by atoms with Gasteiger partial charge in [0.05, 0.1) is 37.6 Å². The molecule has 4 aromatic carbocycles. The molecular formula is C46H44N4O10S. The Hall–Kier alpha value is -5.92. The molecule has 4 aromatic rings. The minimum Gasteiger partial charge on any atom is -0.504 e. The number of methoxy groups -OCH3 is 2. The highest BCUT2D eigenvalue weighted by molar-refractivity contribution is 7.99. The highest BCUT2D eigenvalue weighted by atomic mass is 32.2. The fourth-order valence-electron chi connectivity index (χ4n) is 10.5. The maximum Gasteiger partial charge on any atom is 0.336 e. The number of aryl methyl sites for hydroxylation is 1. The van der Waals surface area contributed by atoms with Gasteiger partial charge in [0.15, 0.2) is 40.0 Å². The van der Waals surface area contributed by atoms with Crippen molar-refractivity contribution in [1.82, 2.24) is 15.5 Å². The Morgan fingerprint density at radius 3 is 2.59 bits per heavy atom. The number of esters is 2. The molecule has 7 heterocycles. The van der Waals surface area contributed by atoms with E-state index < -0.39 is 46.9 Å². The molecule has 314 valence electrons. The van der Waals surface area contributed by atoms with Crippen molar-refractivity contribution >= 4 is 29.8 Å². The quantitative estimate of drug-likeness (QED) is 0.115. The normalized spacial score (nSPS) is 27.0. The molecule has 0 amide bonds. The largest absolute Gasteiger partial charge is 0.504 e. The van der Waals surface area contributed by atoms with Gasteiger partial charge in [0.1, 0.15) is 18.4 Å². The highest BCUT2D eigenvalue weighted by Crippen LogP contribution is 2.63. The Morgan fingerprint density at radius 2 is 1.82 bits per heavy atom. The van der Waals surface area contributed by atoms with E-state index in [0.29, 0.717) is 64.5 Å². The Balaban J connectivity index is 1.21. The number of nitrogens with one attached hydrogen (secondary N) is 2. The predicted molar refractivity (Wildman–Crippen MR) is 223 cm³/mol. The van der Waals surface area contributed by atoms with E-state index in [1.54, 1.807) is 18.2 Å². The first-order chi connectivity index (χ1) is 29.6. The number of carbonyl (C=O) groups is 2. The summed E-state index contributed by atoms with van der Waals surface area (Å²) in [6.07, 6.45) is 4.07. The van der Waals surface area contributed by atoms with Gasteiger partial charge in [-0.3, -0.25) is 10.2 Å². The van der Waals surface area contributed by atoms with Crippen LogP contribution < -0.4 is 34.3 Å². The van der Waals surface area contributed by atoms with Gasteiger partial charge in [-0.15, -0.1) is 11.8 Å². The first-order valence-corrected chi connectivity index (χ1v) is 21.3. The Bertz CT molecular complexity index is 2580. The lowest BCUT2D eigenvalue weighted by molar-refractivity contribution is -0.155. The average molecular weight is 845 g/mol. The third kappa shape index (κ3) is 5.94. The van der Waals surface area contributed by atoms with Crippen LogP contribution in [0.3, 0.4) is 0 Å². The van der Waals surface area contributed by atoms with E-state index in [1.807, 2.05) is 50.2 Å². The predicted octanol–water partition coefficient (Wildman–Crippen LogP) is 5.34. The van der Waals surface area contributed by atoms with Crippen LogP contribution in [-0.4, -0.2) is 85.1 Å². The van der Waals surface area contributed by atoms with Gasteiger partial charge in [0.25, 0.3) is 0 Å². The molecule has 11 rings (SSSR count). The van der Waals surface area contributed by atoms with Gasteiger partial charge in [0, 0.05) is 52.7 Å². The fourth-order valence-corrected chi connectivity index (χ4v) is 12.2. The summed E-state index contributed by atoms with van der Waals surface area (Å²) in [7, 11) is 2.99. The molecule has 0 radical (unpaired) electrons. The zero-order valence-corrected chi connectivity index (χ0v) is 34.8. The van der Waals surface area contributed by atoms with Gasteiger partial charge in [-0.2, -0.15) is 5.26 Å². The summed E-state index contributed by atoms with van der Waals surface area (Å²) >= 11 is 1.46. The molecule has 7 aliphatic rings. The summed E-state index contributed by atoms with van der Waals surface area (Å²) in [5.74, 6) is 0.663. The summed E-state index contributed by atoms with van der Waals surface area (Å²) in [5.41, 5.74) is 4.97. The second-order valence-electron chi connectivity index (χ2n) is 16.2. The standard InChI is InChI=1S/C46H44N4O10S/c1-22-14-26-15-28-29(18-47)50-30-19-57-45(54)46(27-17-32(55-3)31(51)16-25(27)12-13-48-46)20-61-44(38(50)37(49-28)34(26)39(53)40(22)56-4)36-35(30)43-42(58-21-59-43)23(2)41(36)60-33(52)11-10-24-8-6-5-7-9-24/h5-11,14,16-17,28-30,37-38,44,48-49,51,53H,12-13,15,19-21H2,1-4H3/b11-10+/t28-,29+,30+,37-,38-,44-,46-/m1/s1. The van der Waals surface area contributed by atoms with E-state index in [2.05, 4.69) is 21.6 Å². The van der Waals surface area contributed by atoms with E-state index in [-0.39, 0.29) is 48.2 Å². The van der Waals surface area contributed by atoms with Crippen LogP contribution in [0, 0.1) is 25.2 Å². The van der Waals surface area contributed by atoms with Gasteiger partial charge in [-0.1, -0.05) is 36.4 Å². The zero-order valence-electron chi connectivity index (χ0n) is 33.9. The highest BCUT2D eigenvalue weighted by Gasteiger charge is 2.60. The lowest BCUT2D eigenvalue weighted by Gasteiger charge is -2.59. The number of thioether (sulfide) groups is 1. The van der Waals surface area contributed by atoms with Crippen molar-refractivity contribution in [2.24, 2.45) is 0 Å². The molecule has 0 aliphatic carbocycles. The Kier molecular flexibility index (Phi) is 9.59. The van der Waals surface area contributed by atoms with Crippen LogP contribution in [0.5, 0.6) is 40.2 Å². The third-order valence-electron chi connectivity index (χ3n) is 13.1. The smallest absolute Gasteiger partial charge is 0.336 e. The van der Waals surface area contributed by atoms with Gasteiger partial charge in [-0.05, 0) is 72.7 Å². The molecule has 7 aliphatic heterocycles. The molecule has 7 atom stereocenters. The van der Waals surface area contributed by atoms with Crippen LogP contribution in [0.4, 0.5) is 0 Å². The second kappa shape index (κ2) is 14.9. The number of phenolic OH excluding ortho intramolecular Hbond substituents is 2. The number of hydrogen-bond acceptors (Lipinski definition) is 15. The van der Waals surface area contributed by atoms with Crippen molar-refractivity contribution in [2.75, 3.05) is 39.9 Å². The summed E-state index contributed by atoms with van der Waals surface area (Å²) in [5, 5.41) is 40.7. The number of nitriles is 1. The van der Waals surface area contributed by atoms with Crippen LogP contribution in [-0.2, 0) is 32.7 Å². The zero-order chi connectivity index (χ0) is 42.3. The third-order valence-corrected chi connectivity index (χ3v) is 14.6. The number of rotatable bonds is 5. The molecule has 15 heteroatoms. The van der Waals surface area contributed by atoms with E-state index in [1.165, 1.54) is 32.1 Å². The van der Waals surface area contributed by atoms with Crippen molar-refractivity contribution in [3.8, 4) is 46.3 Å². The molecule has 61 heavy (non-hydrogen) atoms. The van der Waals surface area contributed by atoms with Gasteiger partial charge >= 0.3 is 11.9 Å². The average Bonchev–Trinajstić information content (AvgIpc) is 3.76. The van der Waals surface area contributed by atoms with Crippen LogP contribution in [0.25, 0.3) is 6.08 Å². The summed E-state index contributed by atoms with van der Waals surface area (Å²) in [4.78, 5) is 31.0. The molecule has 4 bridgehead atoms. The topological polar surface area (TPSA) is 181 Å². The van der Waals surface area contributed by atoms with Gasteiger partial charge in [0.2, 0.25) is 6.79 Å². The minimum atomic E-state index is -1.39. The molecule has 4 N–H and O–H groups in total. The maximum absolute atomic E-state index is 14.9. The number of nitrogens with zero attached hydrogens (tertiary/aromatic N) is 2. The monoisotopic (exact) mass is 844 g/mol. The fraction of sp³-hybridized carbons (Fsp3) is 0.370. The number of aromatic hydroxyl groups is 2. The lowest BCUT2D eigenvalue weighted by Crippen LogP contribution is -2.69. The summed E-state index contributed by atoms with van der Waals surface area (Å²) in [6, 6.07) is 14.3. The number of phenols is 2. The van der Waals surface area contributed by atoms with E-state index in [9.17, 15) is 25.1 Å². The molecule has 2 fully saturated rings. The lowest BCUT2D eigenvalue weighted by atomic mass is 9.72. The van der Waals surface area contributed by atoms with E-state index in [4.69, 9.17) is 28.4 Å². The van der Waals surface area contributed by atoms with E-state index >= 15 is 0 Å². The molecule has 1 spiro atoms. The first-order valence-electron chi connectivity index (χ1n) is 20.3. The number of piperazine rings is 1. The minimum absolute atomic E-state index is 0.0132. The van der Waals surface area contributed by atoms with Crippen LogP contribution in [0.1, 0.15) is 67.4 Å². The Labute approximate surface area is 356 Å². The van der Waals surface area contributed by atoms with Crippen molar-refractivity contribution in [3.63, 3.8) is 0 Å². The van der Waals surface area contributed by atoms with Crippen molar-refractivity contribution < 1.29 is 48.2 Å². The van der Waals surface area contributed by atoms with Gasteiger partial charge in [-0.25, -0.2) is 9.59 Å². The first kappa shape index (κ1) is 39.2. The van der Waals surface area contributed by atoms with Crippen molar-refractivity contribution in [1.29, 1.82) is 5.26 Å². The molecule has 0 aromatic heterocycles. The second-order valence-corrected chi connectivity index (χ2v) is 17.4. The summed E-state index contributed by atoms with van der Waals surface area (Å²) < 4.78 is 36.6. The molecule has 14 nitrogen and oxygen atoms in total. The van der Waals surface area contributed by atoms with Crippen LogP contribution in [0.2, 0.25) is 0 Å². The number of ether oxygens (including phenoxy) is 6. The molecular weight excluding hydrogens is 801 g/mol. The molecule has 2 saturated heterocycles.